The molecule has 0 radical (unpaired) electrons. The van der Waals surface area contributed by atoms with E-state index in [9.17, 15) is 4.79 Å². The number of rotatable bonds is 8. The zero-order valence-electron chi connectivity index (χ0n) is 17.0. The van der Waals surface area contributed by atoms with E-state index >= 15 is 0 Å². The molecule has 148 valence electrons. The van der Waals surface area contributed by atoms with Crippen LogP contribution in [0, 0.1) is 23.2 Å². The molecule has 0 N–H and O–H groups in total. The fraction of sp³-hybridized carbons (Fsp3) is 0.520. The van der Waals surface area contributed by atoms with Gasteiger partial charge in [-0.3, -0.25) is 4.79 Å². The van der Waals surface area contributed by atoms with Crippen LogP contribution in [0.2, 0.25) is 0 Å². The third-order valence-corrected chi connectivity index (χ3v) is 6.06. The molecule has 0 atom stereocenters. The molecule has 1 saturated carbocycles. The van der Waals surface area contributed by atoms with Crippen LogP contribution in [0.25, 0.3) is 10.8 Å². The van der Waals surface area contributed by atoms with Gasteiger partial charge < -0.3 is 4.74 Å². The lowest BCUT2D eigenvalue weighted by atomic mass is 9.80. The number of hydrogen-bond acceptors (Lipinski definition) is 3. The van der Waals surface area contributed by atoms with Crippen molar-refractivity contribution in [1.29, 1.82) is 5.26 Å². The zero-order valence-corrected chi connectivity index (χ0v) is 17.0. The molecular formula is C25H31NO2. The van der Waals surface area contributed by atoms with Crippen molar-refractivity contribution in [3.05, 3.63) is 42.0 Å². The number of nitrogens with zero attached hydrogens (tertiary/aromatic N) is 1. The fourth-order valence-corrected chi connectivity index (χ4v) is 4.28. The quantitative estimate of drug-likeness (QED) is 0.289. The Morgan fingerprint density at radius 2 is 1.71 bits per heavy atom. The van der Waals surface area contributed by atoms with Crippen molar-refractivity contribution in [2.24, 2.45) is 11.8 Å². The molecule has 0 aliphatic heterocycles. The molecule has 1 aliphatic carbocycles. The molecule has 0 saturated heterocycles. The van der Waals surface area contributed by atoms with Crippen LogP contribution in [-0.2, 0) is 4.79 Å². The molecule has 0 heterocycles. The summed E-state index contributed by atoms with van der Waals surface area (Å²) >= 11 is 0. The maximum atomic E-state index is 12.6. The van der Waals surface area contributed by atoms with Crippen molar-refractivity contribution in [3.63, 3.8) is 0 Å². The molecule has 3 rings (SSSR count). The van der Waals surface area contributed by atoms with E-state index in [0.29, 0.717) is 11.3 Å². The lowest BCUT2D eigenvalue weighted by Crippen LogP contribution is -2.25. The van der Waals surface area contributed by atoms with Crippen molar-refractivity contribution < 1.29 is 9.53 Å². The molecule has 0 aromatic heterocycles. The third-order valence-electron chi connectivity index (χ3n) is 6.06. The van der Waals surface area contributed by atoms with Gasteiger partial charge in [-0.05, 0) is 66.6 Å². The summed E-state index contributed by atoms with van der Waals surface area (Å²) in [5.74, 6) is 1.34. The summed E-state index contributed by atoms with van der Waals surface area (Å²) in [5.41, 5.74) is 0.638. The molecule has 3 nitrogen and oxygen atoms in total. The normalized spacial score (nSPS) is 19.3. The number of nitriles is 1. The maximum absolute atomic E-state index is 12.6. The number of fused-ring (bicyclic) bond motifs is 1. The second kappa shape index (κ2) is 10.3. The smallest absolute Gasteiger partial charge is 0.314 e. The van der Waals surface area contributed by atoms with Gasteiger partial charge in [-0.15, -0.1) is 0 Å². The lowest BCUT2D eigenvalue weighted by molar-refractivity contribution is -0.140. The summed E-state index contributed by atoms with van der Waals surface area (Å²) in [7, 11) is 0. The molecule has 28 heavy (non-hydrogen) atoms. The molecule has 0 amide bonds. The monoisotopic (exact) mass is 377 g/mol. The number of benzene rings is 2. The van der Waals surface area contributed by atoms with Gasteiger partial charge in [0.05, 0.1) is 17.6 Å². The SMILES string of the molecule is CCCCCCCC1CCC(C(=O)Oc2ccc3cc(C#N)ccc3c2)CC1. The summed E-state index contributed by atoms with van der Waals surface area (Å²) in [6, 6.07) is 13.3. The molecule has 1 fully saturated rings. The Morgan fingerprint density at radius 3 is 2.46 bits per heavy atom. The average Bonchev–Trinajstić information content (AvgIpc) is 2.73. The van der Waals surface area contributed by atoms with Gasteiger partial charge in [0.15, 0.2) is 0 Å². The van der Waals surface area contributed by atoms with Crippen LogP contribution in [0.4, 0.5) is 0 Å². The Hall–Kier alpha value is -2.34. The van der Waals surface area contributed by atoms with E-state index in [1.54, 1.807) is 6.07 Å². The fourth-order valence-electron chi connectivity index (χ4n) is 4.28. The Kier molecular flexibility index (Phi) is 7.48. The van der Waals surface area contributed by atoms with E-state index in [1.165, 1.54) is 38.5 Å². The van der Waals surface area contributed by atoms with Gasteiger partial charge in [-0.2, -0.15) is 5.26 Å². The van der Waals surface area contributed by atoms with Gasteiger partial charge in [0, 0.05) is 0 Å². The van der Waals surface area contributed by atoms with Gasteiger partial charge in [0.25, 0.3) is 0 Å². The first-order valence-electron chi connectivity index (χ1n) is 10.8. The van der Waals surface area contributed by atoms with Crippen molar-refractivity contribution >= 4 is 16.7 Å². The minimum atomic E-state index is -0.0885. The van der Waals surface area contributed by atoms with Crippen molar-refractivity contribution in [1.82, 2.24) is 0 Å². The van der Waals surface area contributed by atoms with Gasteiger partial charge in [0.1, 0.15) is 5.75 Å². The van der Waals surface area contributed by atoms with Gasteiger partial charge in [-0.25, -0.2) is 0 Å². The predicted octanol–water partition coefficient (Wildman–Crippen LogP) is 6.78. The minimum Gasteiger partial charge on any atom is -0.426 e. The number of ether oxygens (including phenoxy) is 1. The molecule has 1 aliphatic rings. The van der Waals surface area contributed by atoms with E-state index in [-0.39, 0.29) is 11.9 Å². The van der Waals surface area contributed by atoms with E-state index in [0.717, 1.165) is 42.4 Å². The van der Waals surface area contributed by atoms with Crippen molar-refractivity contribution in [3.8, 4) is 11.8 Å². The average molecular weight is 378 g/mol. The molecular weight excluding hydrogens is 346 g/mol. The van der Waals surface area contributed by atoms with Crippen LogP contribution in [0.15, 0.2) is 36.4 Å². The molecule has 2 aromatic rings. The summed E-state index contributed by atoms with van der Waals surface area (Å²) in [6.07, 6.45) is 12.2. The predicted molar refractivity (Wildman–Crippen MR) is 113 cm³/mol. The number of esters is 1. The van der Waals surface area contributed by atoms with Crippen molar-refractivity contribution in [2.75, 3.05) is 0 Å². The van der Waals surface area contributed by atoms with E-state index in [4.69, 9.17) is 10.00 Å². The van der Waals surface area contributed by atoms with E-state index in [1.807, 2.05) is 30.3 Å². The molecule has 2 aromatic carbocycles. The first-order valence-corrected chi connectivity index (χ1v) is 10.8. The lowest BCUT2D eigenvalue weighted by Gasteiger charge is -2.27. The highest BCUT2D eigenvalue weighted by molar-refractivity contribution is 5.86. The third kappa shape index (κ3) is 5.58. The zero-order chi connectivity index (χ0) is 19.8. The maximum Gasteiger partial charge on any atom is 0.314 e. The van der Waals surface area contributed by atoms with Crippen LogP contribution >= 0.6 is 0 Å². The largest absolute Gasteiger partial charge is 0.426 e. The van der Waals surface area contributed by atoms with Gasteiger partial charge in [0.2, 0.25) is 0 Å². The van der Waals surface area contributed by atoms with E-state index in [2.05, 4.69) is 13.0 Å². The first-order chi connectivity index (χ1) is 13.7. The van der Waals surface area contributed by atoms with Crippen LogP contribution in [0.5, 0.6) is 5.75 Å². The van der Waals surface area contributed by atoms with Crippen LogP contribution in [-0.4, -0.2) is 5.97 Å². The highest BCUT2D eigenvalue weighted by Gasteiger charge is 2.27. The Bertz CT molecular complexity index is 828. The highest BCUT2D eigenvalue weighted by Crippen LogP contribution is 2.33. The summed E-state index contributed by atoms with van der Waals surface area (Å²) < 4.78 is 5.68. The number of carbonyl (C=O) groups is 1. The summed E-state index contributed by atoms with van der Waals surface area (Å²) in [4.78, 5) is 12.6. The molecule has 3 heteroatoms. The van der Waals surface area contributed by atoms with Gasteiger partial charge >= 0.3 is 5.97 Å². The molecule has 0 bridgehead atoms. The van der Waals surface area contributed by atoms with Crippen LogP contribution in [0.3, 0.4) is 0 Å². The number of hydrogen-bond donors (Lipinski definition) is 0. The number of carbonyl (C=O) groups excluding carboxylic acids is 1. The Labute approximate surface area is 168 Å². The Morgan fingerprint density at radius 1 is 1.00 bits per heavy atom. The Balaban J connectivity index is 1.47. The van der Waals surface area contributed by atoms with Crippen LogP contribution < -0.4 is 4.74 Å². The second-order valence-corrected chi connectivity index (χ2v) is 8.18. The minimum absolute atomic E-state index is 0.0352. The topological polar surface area (TPSA) is 50.1 Å². The summed E-state index contributed by atoms with van der Waals surface area (Å²) in [5, 5.41) is 11.0. The van der Waals surface area contributed by atoms with Crippen LogP contribution in [0.1, 0.15) is 76.7 Å². The molecule has 0 unspecified atom stereocenters. The second-order valence-electron chi connectivity index (χ2n) is 8.18. The van der Waals surface area contributed by atoms with Gasteiger partial charge in [-0.1, -0.05) is 57.6 Å². The molecule has 0 spiro atoms. The highest BCUT2D eigenvalue weighted by atomic mass is 16.5. The van der Waals surface area contributed by atoms with E-state index < -0.39 is 0 Å². The number of unbranched alkanes of at least 4 members (excludes halogenated alkanes) is 4. The first kappa shape index (κ1) is 20.4. The van der Waals surface area contributed by atoms with Crippen molar-refractivity contribution in [2.45, 2.75) is 71.1 Å². The standard InChI is InChI=1S/C25H31NO2/c1-2-3-4-5-6-7-19-8-11-21(12-9-19)25(27)28-24-15-14-22-16-20(18-26)10-13-23(22)17-24/h10,13-17,19,21H,2-9,11-12H2,1H3. The summed E-state index contributed by atoms with van der Waals surface area (Å²) in [6.45, 7) is 2.25.